The van der Waals surface area contributed by atoms with Crippen molar-refractivity contribution in [1.29, 1.82) is 0 Å². The Morgan fingerprint density at radius 2 is 1.65 bits per heavy atom. The Bertz CT molecular complexity index is 491. The molecule has 0 aliphatic rings. The third-order valence-corrected chi connectivity index (χ3v) is 2.46. The first-order chi connectivity index (χ1) is 8.25. The molecule has 0 saturated carbocycles. The number of benzene rings is 2. The SMILES string of the molecule is Nc1ccc(NCC(=O)c2ccccc2)cc1. The van der Waals surface area contributed by atoms with Crippen molar-refractivity contribution in [3.63, 3.8) is 0 Å². The molecule has 17 heavy (non-hydrogen) atoms. The summed E-state index contributed by atoms with van der Waals surface area (Å²) in [6.07, 6.45) is 0. The average molecular weight is 226 g/mol. The second-order valence-electron chi connectivity index (χ2n) is 3.76. The molecule has 0 spiro atoms. The van der Waals surface area contributed by atoms with Crippen LogP contribution >= 0.6 is 0 Å². The second-order valence-corrected chi connectivity index (χ2v) is 3.76. The second kappa shape index (κ2) is 5.16. The van der Waals surface area contributed by atoms with Gasteiger partial charge in [0.15, 0.2) is 5.78 Å². The number of hydrogen-bond donors (Lipinski definition) is 2. The van der Waals surface area contributed by atoms with Gasteiger partial charge < -0.3 is 11.1 Å². The summed E-state index contributed by atoms with van der Waals surface area (Å²) in [5, 5.41) is 3.07. The Morgan fingerprint density at radius 1 is 1.00 bits per heavy atom. The van der Waals surface area contributed by atoms with Crippen molar-refractivity contribution in [2.45, 2.75) is 0 Å². The molecule has 0 aliphatic heterocycles. The van der Waals surface area contributed by atoms with Gasteiger partial charge in [-0.05, 0) is 24.3 Å². The summed E-state index contributed by atoms with van der Waals surface area (Å²) in [7, 11) is 0. The molecule has 0 heterocycles. The van der Waals surface area contributed by atoms with E-state index in [1.807, 2.05) is 42.5 Å². The lowest BCUT2D eigenvalue weighted by Crippen LogP contribution is -2.13. The molecule has 0 aromatic heterocycles. The lowest BCUT2D eigenvalue weighted by molar-refractivity contribution is 0.101. The van der Waals surface area contributed by atoms with Gasteiger partial charge in [0.05, 0.1) is 6.54 Å². The number of hydrogen-bond acceptors (Lipinski definition) is 3. The lowest BCUT2D eigenvalue weighted by atomic mass is 10.1. The van der Waals surface area contributed by atoms with Gasteiger partial charge in [-0.1, -0.05) is 30.3 Å². The Balaban J connectivity index is 1.95. The summed E-state index contributed by atoms with van der Waals surface area (Å²) in [6, 6.07) is 16.5. The molecule has 0 fully saturated rings. The molecule has 86 valence electrons. The first-order valence-corrected chi connectivity index (χ1v) is 5.43. The summed E-state index contributed by atoms with van der Waals surface area (Å²) < 4.78 is 0. The largest absolute Gasteiger partial charge is 0.399 e. The molecule has 2 rings (SSSR count). The van der Waals surface area contributed by atoms with Crippen molar-refractivity contribution in [3.05, 3.63) is 60.2 Å². The summed E-state index contributed by atoms with van der Waals surface area (Å²) in [4.78, 5) is 11.8. The van der Waals surface area contributed by atoms with Crippen molar-refractivity contribution in [3.8, 4) is 0 Å². The van der Waals surface area contributed by atoms with Crippen molar-refractivity contribution in [2.24, 2.45) is 0 Å². The zero-order valence-electron chi connectivity index (χ0n) is 9.39. The van der Waals surface area contributed by atoms with E-state index < -0.39 is 0 Å². The fourth-order valence-corrected chi connectivity index (χ4v) is 1.51. The quantitative estimate of drug-likeness (QED) is 0.622. The van der Waals surface area contributed by atoms with Gasteiger partial charge in [-0.2, -0.15) is 0 Å². The Labute approximate surface area is 100 Å². The molecule has 2 aromatic rings. The van der Waals surface area contributed by atoms with Gasteiger partial charge in [0.25, 0.3) is 0 Å². The lowest BCUT2D eigenvalue weighted by Gasteiger charge is -2.05. The minimum atomic E-state index is 0.0717. The van der Waals surface area contributed by atoms with Crippen LogP contribution in [0.3, 0.4) is 0 Å². The Morgan fingerprint density at radius 3 is 2.29 bits per heavy atom. The highest BCUT2D eigenvalue weighted by Gasteiger charge is 2.03. The van der Waals surface area contributed by atoms with E-state index in [2.05, 4.69) is 5.32 Å². The van der Waals surface area contributed by atoms with E-state index in [4.69, 9.17) is 5.73 Å². The van der Waals surface area contributed by atoms with Gasteiger partial charge >= 0.3 is 0 Å². The molecule has 3 N–H and O–H groups in total. The summed E-state index contributed by atoms with van der Waals surface area (Å²) >= 11 is 0. The van der Waals surface area contributed by atoms with Crippen molar-refractivity contribution in [2.75, 3.05) is 17.6 Å². The number of rotatable bonds is 4. The maximum atomic E-state index is 11.8. The van der Waals surface area contributed by atoms with Crippen LogP contribution in [0.1, 0.15) is 10.4 Å². The molecule has 3 heteroatoms. The maximum Gasteiger partial charge on any atom is 0.181 e. The van der Waals surface area contributed by atoms with Crippen LogP contribution in [0.4, 0.5) is 11.4 Å². The fourth-order valence-electron chi connectivity index (χ4n) is 1.51. The molecule has 0 atom stereocenters. The molecule has 0 aliphatic carbocycles. The van der Waals surface area contributed by atoms with Crippen LogP contribution in [0, 0.1) is 0 Å². The number of nitrogens with one attached hydrogen (secondary N) is 1. The minimum absolute atomic E-state index is 0.0717. The highest BCUT2D eigenvalue weighted by atomic mass is 16.1. The van der Waals surface area contributed by atoms with Gasteiger partial charge in [-0.3, -0.25) is 4.79 Å². The van der Waals surface area contributed by atoms with Gasteiger partial charge in [0.2, 0.25) is 0 Å². The number of Topliss-reactive ketones (excluding diaryl/α,β-unsaturated/α-hetero) is 1. The normalized spacial score (nSPS) is 9.88. The highest BCUT2D eigenvalue weighted by Crippen LogP contribution is 2.10. The van der Waals surface area contributed by atoms with Crippen LogP contribution in [0.25, 0.3) is 0 Å². The molecule has 3 nitrogen and oxygen atoms in total. The van der Waals surface area contributed by atoms with E-state index in [1.54, 1.807) is 12.1 Å². The van der Waals surface area contributed by atoms with Crippen LogP contribution in [-0.4, -0.2) is 12.3 Å². The van der Waals surface area contributed by atoms with E-state index >= 15 is 0 Å². The molecule has 0 amide bonds. The molecule has 0 saturated heterocycles. The number of nitrogen functional groups attached to an aromatic ring is 1. The summed E-state index contributed by atoms with van der Waals surface area (Å²) in [5.74, 6) is 0.0717. The van der Waals surface area contributed by atoms with Gasteiger partial charge in [0.1, 0.15) is 0 Å². The minimum Gasteiger partial charge on any atom is -0.399 e. The van der Waals surface area contributed by atoms with Crippen molar-refractivity contribution in [1.82, 2.24) is 0 Å². The van der Waals surface area contributed by atoms with Gasteiger partial charge in [-0.15, -0.1) is 0 Å². The molecule has 0 radical (unpaired) electrons. The van der Waals surface area contributed by atoms with Crippen LogP contribution in [0.15, 0.2) is 54.6 Å². The highest BCUT2D eigenvalue weighted by molar-refractivity contribution is 5.98. The average Bonchev–Trinajstić information content (AvgIpc) is 2.39. The number of anilines is 2. The zero-order chi connectivity index (χ0) is 12.1. The standard InChI is InChI=1S/C14H14N2O/c15-12-6-8-13(9-7-12)16-10-14(17)11-4-2-1-3-5-11/h1-9,16H,10,15H2. The van der Waals surface area contributed by atoms with Gasteiger partial charge in [0, 0.05) is 16.9 Å². The molecular formula is C14H14N2O. The Hall–Kier alpha value is -2.29. The smallest absolute Gasteiger partial charge is 0.181 e. The van der Waals surface area contributed by atoms with Crippen molar-refractivity contribution >= 4 is 17.2 Å². The fraction of sp³-hybridized carbons (Fsp3) is 0.0714. The van der Waals surface area contributed by atoms with E-state index in [9.17, 15) is 4.79 Å². The number of nitrogens with two attached hydrogens (primary N) is 1. The van der Waals surface area contributed by atoms with Crippen molar-refractivity contribution < 1.29 is 4.79 Å². The number of carbonyl (C=O) groups excluding carboxylic acids is 1. The van der Waals surface area contributed by atoms with E-state index in [-0.39, 0.29) is 12.3 Å². The molecule has 2 aromatic carbocycles. The predicted octanol–water partition coefficient (Wildman–Crippen LogP) is 2.56. The number of ketones is 1. The van der Waals surface area contributed by atoms with E-state index in [0.717, 1.165) is 11.3 Å². The third-order valence-electron chi connectivity index (χ3n) is 2.46. The topological polar surface area (TPSA) is 55.1 Å². The summed E-state index contributed by atoms with van der Waals surface area (Å²) in [5.41, 5.74) is 7.90. The van der Waals surface area contributed by atoms with Crippen LogP contribution in [0.2, 0.25) is 0 Å². The van der Waals surface area contributed by atoms with Crippen LogP contribution in [-0.2, 0) is 0 Å². The molecule has 0 bridgehead atoms. The van der Waals surface area contributed by atoms with E-state index in [1.165, 1.54) is 0 Å². The first-order valence-electron chi connectivity index (χ1n) is 5.43. The molecule has 0 unspecified atom stereocenters. The van der Waals surface area contributed by atoms with E-state index in [0.29, 0.717) is 5.69 Å². The predicted molar refractivity (Wildman–Crippen MR) is 70.1 cm³/mol. The third kappa shape index (κ3) is 3.08. The van der Waals surface area contributed by atoms with Gasteiger partial charge in [-0.25, -0.2) is 0 Å². The zero-order valence-corrected chi connectivity index (χ0v) is 9.39. The van der Waals surface area contributed by atoms with Crippen LogP contribution < -0.4 is 11.1 Å². The number of carbonyl (C=O) groups is 1. The summed E-state index contributed by atoms with van der Waals surface area (Å²) in [6.45, 7) is 0.286. The monoisotopic (exact) mass is 226 g/mol. The first kappa shape index (κ1) is 11.2. The Kier molecular flexibility index (Phi) is 3.40. The van der Waals surface area contributed by atoms with Crippen LogP contribution in [0.5, 0.6) is 0 Å². The maximum absolute atomic E-state index is 11.8. The molecular weight excluding hydrogens is 212 g/mol.